The van der Waals surface area contributed by atoms with Crippen LogP contribution in [0.5, 0.6) is 0 Å². The molecule has 0 saturated carbocycles. The molecule has 0 bridgehead atoms. The van der Waals surface area contributed by atoms with E-state index in [2.05, 4.69) is 22.0 Å². The van der Waals surface area contributed by atoms with Crippen LogP contribution >= 0.6 is 0 Å². The van der Waals surface area contributed by atoms with Crippen LogP contribution in [0.3, 0.4) is 0 Å². The highest BCUT2D eigenvalue weighted by Gasteiger charge is 2.26. The van der Waals surface area contributed by atoms with Gasteiger partial charge in [-0.2, -0.15) is 0 Å². The second-order valence-electron chi connectivity index (χ2n) is 6.44. The number of piperidine rings is 1. The van der Waals surface area contributed by atoms with Crippen molar-refractivity contribution in [1.29, 1.82) is 0 Å². The fourth-order valence-corrected chi connectivity index (χ4v) is 3.18. The van der Waals surface area contributed by atoms with E-state index in [1.807, 2.05) is 13.1 Å². The number of pyridine rings is 1. The Bertz CT molecular complexity index is 619. The standard InChI is InChI=1S/C19H23FN2O/c1-14-2-7-18(21-12-14)13-22-10-8-16(9-11-22)19(23)15-3-5-17(20)6-4-15/h2-7,12,16,19,23H,8-11,13H2,1H3. The average Bonchev–Trinajstić information content (AvgIpc) is 2.58. The molecule has 1 aromatic heterocycles. The van der Waals surface area contributed by atoms with Gasteiger partial charge < -0.3 is 5.11 Å². The molecule has 2 aromatic rings. The molecule has 0 amide bonds. The van der Waals surface area contributed by atoms with Crippen molar-refractivity contribution in [2.24, 2.45) is 5.92 Å². The molecular formula is C19H23FN2O. The average molecular weight is 314 g/mol. The summed E-state index contributed by atoms with van der Waals surface area (Å²) in [7, 11) is 0. The zero-order valence-electron chi connectivity index (χ0n) is 13.5. The van der Waals surface area contributed by atoms with Gasteiger partial charge in [0, 0.05) is 12.7 Å². The van der Waals surface area contributed by atoms with Crippen molar-refractivity contribution in [3.63, 3.8) is 0 Å². The van der Waals surface area contributed by atoms with Gasteiger partial charge in [-0.3, -0.25) is 9.88 Å². The third kappa shape index (κ3) is 4.15. The molecule has 2 heterocycles. The molecule has 122 valence electrons. The Hall–Kier alpha value is -1.78. The van der Waals surface area contributed by atoms with Gasteiger partial charge >= 0.3 is 0 Å². The first kappa shape index (κ1) is 16.1. The maximum atomic E-state index is 13.0. The SMILES string of the molecule is Cc1ccc(CN2CCC(C(O)c3ccc(F)cc3)CC2)nc1. The predicted octanol–water partition coefficient (Wildman–Crippen LogP) is 3.47. The van der Waals surface area contributed by atoms with Gasteiger partial charge in [0.2, 0.25) is 0 Å². The van der Waals surface area contributed by atoms with Gasteiger partial charge in [0.1, 0.15) is 5.82 Å². The number of nitrogens with zero attached hydrogens (tertiary/aromatic N) is 2. The van der Waals surface area contributed by atoms with Crippen LogP contribution in [-0.2, 0) is 6.54 Å². The molecule has 0 spiro atoms. The van der Waals surface area contributed by atoms with Crippen molar-refractivity contribution >= 4 is 0 Å². The second-order valence-corrected chi connectivity index (χ2v) is 6.44. The Morgan fingerprint density at radius 3 is 2.48 bits per heavy atom. The van der Waals surface area contributed by atoms with Crippen molar-refractivity contribution in [2.45, 2.75) is 32.4 Å². The number of aromatic nitrogens is 1. The number of aryl methyl sites for hydroxylation is 1. The molecule has 4 heteroatoms. The van der Waals surface area contributed by atoms with Gasteiger partial charge in [-0.1, -0.05) is 18.2 Å². The number of hydrogen-bond donors (Lipinski definition) is 1. The summed E-state index contributed by atoms with van der Waals surface area (Å²) in [5.74, 6) is -0.0240. The summed E-state index contributed by atoms with van der Waals surface area (Å²) in [6.45, 7) is 4.82. The minimum Gasteiger partial charge on any atom is -0.388 e. The number of aliphatic hydroxyl groups excluding tert-OH is 1. The highest BCUT2D eigenvalue weighted by Crippen LogP contribution is 2.31. The monoisotopic (exact) mass is 314 g/mol. The van der Waals surface area contributed by atoms with Gasteiger partial charge in [0.05, 0.1) is 11.8 Å². The van der Waals surface area contributed by atoms with Crippen LogP contribution in [0, 0.1) is 18.7 Å². The van der Waals surface area contributed by atoms with Gasteiger partial charge in [-0.15, -0.1) is 0 Å². The van der Waals surface area contributed by atoms with Crippen LogP contribution in [0.2, 0.25) is 0 Å². The molecular weight excluding hydrogens is 291 g/mol. The lowest BCUT2D eigenvalue weighted by atomic mass is 9.87. The Balaban J connectivity index is 1.53. The summed E-state index contributed by atoms with van der Waals surface area (Å²) in [6, 6.07) is 10.4. The van der Waals surface area contributed by atoms with E-state index in [0.29, 0.717) is 0 Å². The summed E-state index contributed by atoms with van der Waals surface area (Å²) in [5, 5.41) is 10.5. The van der Waals surface area contributed by atoms with E-state index in [9.17, 15) is 9.50 Å². The van der Waals surface area contributed by atoms with Crippen molar-refractivity contribution in [3.05, 3.63) is 65.2 Å². The van der Waals surface area contributed by atoms with Crippen molar-refractivity contribution < 1.29 is 9.50 Å². The summed E-state index contributed by atoms with van der Waals surface area (Å²) in [4.78, 5) is 6.84. The van der Waals surface area contributed by atoms with Crippen LogP contribution < -0.4 is 0 Å². The van der Waals surface area contributed by atoms with Crippen LogP contribution in [0.15, 0.2) is 42.6 Å². The fourth-order valence-electron chi connectivity index (χ4n) is 3.18. The first-order valence-corrected chi connectivity index (χ1v) is 8.19. The maximum Gasteiger partial charge on any atom is 0.123 e. The molecule has 0 aliphatic carbocycles. The molecule has 1 aliphatic rings. The maximum absolute atomic E-state index is 13.0. The molecule has 1 fully saturated rings. The minimum absolute atomic E-state index is 0.239. The Labute approximate surface area is 136 Å². The van der Waals surface area contributed by atoms with Crippen LogP contribution in [0.25, 0.3) is 0 Å². The number of benzene rings is 1. The first-order chi connectivity index (χ1) is 11.1. The molecule has 1 aromatic carbocycles. The number of aliphatic hydroxyl groups is 1. The summed E-state index contributed by atoms with van der Waals surface area (Å²) >= 11 is 0. The third-order valence-corrected chi connectivity index (χ3v) is 4.65. The van der Waals surface area contributed by atoms with Gasteiger partial charge in [-0.05, 0) is 68.1 Å². The third-order valence-electron chi connectivity index (χ3n) is 4.65. The molecule has 23 heavy (non-hydrogen) atoms. The molecule has 3 nitrogen and oxygen atoms in total. The Morgan fingerprint density at radius 2 is 1.87 bits per heavy atom. The summed E-state index contributed by atoms with van der Waals surface area (Å²) in [6.07, 6.45) is 3.30. The van der Waals surface area contributed by atoms with Crippen LogP contribution in [-0.4, -0.2) is 28.1 Å². The lowest BCUT2D eigenvalue weighted by Gasteiger charge is -2.34. The van der Waals surface area contributed by atoms with Gasteiger partial charge in [0.15, 0.2) is 0 Å². The first-order valence-electron chi connectivity index (χ1n) is 8.19. The number of hydrogen-bond acceptors (Lipinski definition) is 3. The van der Waals surface area contributed by atoms with Crippen LogP contribution in [0.4, 0.5) is 4.39 Å². The number of likely N-dealkylation sites (tertiary alicyclic amines) is 1. The van der Waals surface area contributed by atoms with E-state index in [1.165, 1.54) is 17.7 Å². The normalized spacial score (nSPS) is 18.0. The van der Waals surface area contributed by atoms with E-state index in [-0.39, 0.29) is 11.7 Å². The summed E-state index contributed by atoms with van der Waals surface area (Å²) < 4.78 is 13.0. The predicted molar refractivity (Wildman–Crippen MR) is 88.3 cm³/mol. The number of halogens is 1. The lowest BCUT2D eigenvalue weighted by Crippen LogP contribution is -2.35. The van der Waals surface area contributed by atoms with E-state index in [1.54, 1.807) is 12.1 Å². The Morgan fingerprint density at radius 1 is 1.17 bits per heavy atom. The highest BCUT2D eigenvalue weighted by molar-refractivity contribution is 5.19. The molecule has 1 saturated heterocycles. The smallest absolute Gasteiger partial charge is 0.123 e. The van der Waals surface area contributed by atoms with E-state index in [4.69, 9.17) is 0 Å². The number of rotatable bonds is 4. The molecule has 1 unspecified atom stereocenters. The highest BCUT2D eigenvalue weighted by atomic mass is 19.1. The van der Waals surface area contributed by atoms with Gasteiger partial charge in [0.25, 0.3) is 0 Å². The quantitative estimate of drug-likeness (QED) is 0.938. The zero-order valence-corrected chi connectivity index (χ0v) is 13.5. The molecule has 1 aliphatic heterocycles. The summed E-state index contributed by atoms with van der Waals surface area (Å²) in [5.41, 5.74) is 3.08. The van der Waals surface area contributed by atoms with Crippen molar-refractivity contribution in [1.82, 2.24) is 9.88 Å². The zero-order chi connectivity index (χ0) is 16.2. The van der Waals surface area contributed by atoms with Crippen molar-refractivity contribution in [3.8, 4) is 0 Å². The molecule has 0 radical (unpaired) electrons. The fraction of sp³-hybridized carbons (Fsp3) is 0.421. The topological polar surface area (TPSA) is 36.4 Å². The molecule has 1 N–H and O–H groups in total. The van der Waals surface area contributed by atoms with Crippen molar-refractivity contribution in [2.75, 3.05) is 13.1 Å². The van der Waals surface area contributed by atoms with E-state index >= 15 is 0 Å². The largest absolute Gasteiger partial charge is 0.388 e. The molecule has 1 atom stereocenters. The van der Waals surface area contributed by atoms with E-state index in [0.717, 1.165) is 43.7 Å². The molecule has 3 rings (SSSR count). The van der Waals surface area contributed by atoms with Crippen LogP contribution in [0.1, 0.15) is 35.8 Å². The van der Waals surface area contributed by atoms with E-state index < -0.39 is 6.10 Å². The van der Waals surface area contributed by atoms with Gasteiger partial charge in [-0.25, -0.2) is 4.39 Å². The minimum atomic E-state index is -0.504. The second kappa shape index (κ2) is 7.20. The lowest BCUT2D eigenvalue weighted by molar-refractivity contribution is 0.0564. The Kier molecular flexibility index (Phi) is 5.03.